The topological polar surface area (TPSA) is 113 Å². The Kier molecular flexibility index (Phi) is 6.29. The van der Waals surface area contributed by atoms with Crippen LogP contribution in [-0.4, -0.2) is 57.7 Å². The predicted octanol–water partition coefficient (Wildman–Crippen LogP) is 2.05. The van der Waals surface area contributed by atoms with E-state index in [9.17, 15) is 20.4 Å². The number of rotatable bonds is 6. The molecule has 4 rings (SSSR count). The molecule has 4 N–H and O–H groups in total. The van der Waals surface area contributed by atoms with E-state index in [-0.39, 0.29) is 0 Å². The molecular weight excluding hydrogens is 412 g/mol. The van der Waals surface area contributed by atoms with Crippen molar-refractivity contribution in [1.29, 1.82) is 0 Å². The molecule has 0 radical (unpaired) electrons. The van der Waals surface area contributed by atoms with Crippen molar-refractivity contribution in [3.05, 3.63) is 64.9 Å². The van der Waals surface area contributed by atoms with Crippen LogP contribution in [-0.2, 0) is 17.6 Å². The number of furan rings is 1. The van der Waals surface area contributed by atoms with Crippen molar-refractivity contribution in [2.45, 2.75) is 43.5 Å². The van der Waals surface area contributed by atoms with Crippen molar-refractivity contribution in [3.63, 3.8) is 0 Å². The van der Waals surface area contributed by atoms with Crippen LogP contribution >= 0.6 is 11.6 Å². The Labute approximate surface area is 178 Å². The summed E-state index contributed by atoms with van der Waals surface area (Å²) in [7, 11) is 0. The Bertz CT molecular complexity index is 985. The monoisotopic (exact) mass is 434 g/mol. The molecule has 1 aliphatic heterocycles. The van der Waals surface area contributed by atoms with Crippen LogP contribution in [0.4, 0.5) is 0 Å². The first kappa shape index (κ1) is 21.1. The van der Waals surface area contributed by atoms with Crippen LogP contribution in [0.25, 0.3) is 11.0 Å². The molecule has 3 aromatic rings. The summed E-state index contributed by atoms with van der Waals surface area (Å²) in [6.07, 6.45) is -3.61. The molecule has 0 aliphatic carbocycles. The average molecular weight is 435 g/mol. The highest BCUT2D eigenvalue weighted by Crippen LogP contribution is 2.34. The molecule has 1 aliphatic rings. The zero-order chi connectivity index (χ0) is 21.3. The molecule has 0 unspecified atom stereocenters. The molecule has 30 heavy (non-hydrogen) atoms. The number of hydrogen-bond donors (Lipinski definition) is 4. The Morgan fingerprint density at radius 3 is 2.43 bits per heavy atom. The summed E-state index contributed by atoms with van der Waals surface area (Å²) in [5.74, 6) is 0.414. The lowest BCUT2D eigenvalue weighted by Crippen LogP contribution is -2.60. The fraction of sp³-hybridized carbons (Fsp3) is 0.364. The van der Waals surface area contributed by atoms with E-state index in [0.717, 1.165) is 22.9 Å². The second-order valence-electron chi connectivity index (χ2n) is 7.33. The second-order valence-corrected chi connectivity index (χ2v) is 7.77. The maximum Gasteiger partial charge on any atom is 0.229 e. The van der Waals surface area contributed by atoms with Crippen LogP contribution in [0.3, 0.4) is 0 Å². The van der Waals surface area contributed by atoms with Crippen molar-refractivity contribution < 1.29 is 34.3 Å². The van der Waals surface area contributed by atoms with Crippen LogP contribution in [0.5, 0.6) is 5.75 Å². The van der Waals surface area contributed by atoms with Crippen LogP contribution in [0.1, 0.15) is 11.1 Å². The van der Waals surface area contributed by atoms with E-state index in [2.05, 4.69) is 0 Å². The zero-order valence-electron chi connectivity index (χ0n) is 16.0. The maximum absolute atomic E-state index is 10.3. The van der Waals surface area contributed by atoms with Gasteiger partial charge in [0.1, 0.15) is 35.7 Å². The molecule has 7 nitrogen and oxygen atoms in total. The molecule has 2 aromatic carbocycles. The van der Waals surface area contributed by atoms with Crippen molar-refractivity contribution >= 4 is 22.6 Å². The molecule has 0 saturated carbocycles. The molecule has 8 heteroatoms. The van der Waals surface area contributed by atoms with Crippen LogP contribution < -0.4 is 4.74 Å². The maximum atomic E-state index is 10.3. The summed E-state index contributed by atoms with van der Waals surface area (Å²) in [6, 6.07) is 12.9. The third-order valence-electron chi connectivity index (χ3n) is 5.33. The number of aliphatic hydroxyl groups is 4. The molecule has 160 valence electrons. The van der Waals surface area contributed by atoms with Gasteiger partial charge >= 0.3 is 0 Å². The van der Waals surface area contributed by atoms with Gasteiger partial charge in [0.2, 0.25) is 6.29 Å². The van der Waals surface area contributed by atoms with Gasteiger partial charge in [-0.1, -0.05) is 29.8 Å². The van der Waals surface area contributed by atoms with Gasteiger partial charge in [0.15, 0.2) is 0 Å². The number of halogens is 1. The third kappa shape index (κ3) is 4.18. The fourth-order valence-electron chi connectivity index (χ4n) is 3.62. The minimum atomic E-state index is -1.51. The van der Waals surface area contributed by atoms with Gasteiger partial charge in [0, 0.05) is 10.6 Å². The van der Waals surface area contributed by atoms with E-state index in [4.69, 9.17) is 25.5 Å². The van der Waals surface area contributed by atoms with Gasteiger partial charge in [0.25, 0.3) is 0 Å². The van der Waals surface area contributed by atoms with Crippen molar-refractivity contribution in [3.8, 4) is 5.75 Å². The molecule has 5 atom stereocenters. The van der Waals surface area contributed by atoms with Crippen molar-refractivity contribution in [2.75, 3.05) is 6.61 Å². The van der Waals surface area contributed by atoms with Crippen molar-refractivity contribution in [1.82, 2.24) is 0 Å². The van der Waals surface area contributed by atoms with E-state index in [1.807, 2.05) is 24.3 Å². The van der Waals surface area contributed by atoms with Gasteiger partial charge < -0.3 is 34.3 Å². The standard InChI is InChI=1S/C22H23ClO7/c23-14-8-5-12(6-9-14)4-7-13-11-28-15-2-1-3-16(18(13)15)29-22-21(27)20(26)19(25)17(10-24)30-22/h1-3,5-6,8-9,11,17,19-22,24-27H,4,7,10H2/t17-,19-,20+,21-,22-/m1/s1. The lowest BCUT2D eigenvalue weighted by Gasteiger charge is -2.39. The largest absolute Gasteiger partial charge is 0.464 e. The highest BCUT2D eigenvalue weighted by Gasteiger charge is 2.44. The summed E-state index contributed by atoms with van der Waals surface area (Å²) in [5.41, 5.74) is 2.66. The third-order valence-corrected chi connectivity index (χ3v) is 5.58. The first-order valence-electron chi connectivity index (χ1n) is 9.68. The van der Waals surface area contributed by atoms with Gasteiger partial charge in [-0.3, -0.25) is 0 Å². The van der Waals surface area contributed by atoms with Crippen LogP contribution in [0, 0.1) is 0 Å². The van der Waals surface area contributed by atoms with Gasteiger partial charge in [-0.15, -0.1) is 0 Å². The summed E-state index contributed by atoms with van der Waals surface area (Å²) in [6.45, 7) is -0.521. The number of fused-ring (bicyclic) bond motifs is 1. The van der Waals surface area contributed by atoms with Gasteiger partial charge in [0.05, 0.1) is 18.3 Å². The van der Waals surface area contributed by atoms with E-state index >= 15 is 0 Å². The number of aliphatic hydroxyl groups excluding tert-OH is 4. The summed E-state index contributed by atoms with van der Waals surface area (Å²) >= 11 is 5.94. The lowest BCUT2D eigenvalue weighted by atomic mass is 9.99. The zero-order valence-corrected chi connectivity index (χ0v) is 16.8. The minimum absolute atomic E-state index is 0.414. The number of hydrogen-bond acceptors (Lipinski definition) is 7. The SMILES string of the molecule is OC[C@H]1O[C@@H](Oc2cccc3occ(CCc4ccc(Cl)cc4)c23)[C@H](O)[C@@H](O)[C@@H]1O. The fourth-order valence-corrected chi connectivity index (χ4v) is 3.75. The second kappa shape index (κ2) is 8.93. The molecule has 2 heterocycles. The Balaban J connectivity index is 1.57. The molecule has 0 bridgehead atoms. The van der Waals surface area contributed by atoms with E-state index < -0.39 is 37.3 Å². The highest BCUT2D eigenvalue weighted by atomic mass is 35.5. The van der Waals surface area contributed by atoms with E-state index in [1.54, 1.807) is 24.5 Å². The number of aryl methyl sites for hydroxylation is 2. The molecule has 0 amide bonds. The highest BCUT2D eigenvalue weighted by molar-refractivity contribution is 6.30. The van der Waals surface area contributed by atoms with Gasteiger partial charge in [-0.25, -0.2) is 0 Å². The van der Waals surface area contributed by atoms with Crippen LogP contribution in [0.2, 0.25) is 5.02 Å². The first-order chi connectivity index (χ1) is 14.5. The van der Waals surface area contributed by atoms with Crippen LogP contribution in [0.15, 0.2) is 53.1 Å². The summed E-state index contributed by atoms with van der Waals surface area (Å²) in [5, 5.41) is 41.0. The molecule has 1 saturated heterocycles. The Morgan fingerprint density at radius 1 is 0.933 bits per heavy atom. The van der Waals surface area contributed by atoms with E-state index in [0.29, 0.717) is 22.8 Å². The predicted molar refractivity (Wildman–Crippen MR) is 109 cm³/mol. The first-order valence-corrected chi connectivity index (χ1v) is 10.1. The summed E-state index contributed by atoms with van der Waals surface area (Å²) in [4.78, 5) is 0. The molecule has 1 fully saturated rings. The molecular formula is C22H23ClO7. The minimum Gasteiger partial charge on any atom is -0.464 e. The normalized spacial score (nSPS) is 26.8. The molecule has 1 aromatic heterocycles. The Morgan fingerprint density at radius 2 is 1.70 bits per heavy atom. The quantitative estimate of drug-likeness (QED) is 0.469. The Hall–Kier alpha value is -2.13. The van der Waals surface area contributed by atoms with Gasteiger partial charge in [-0.2, -0.15) is 0 Å². The number of ether oxygens (including phenoxy) is 2. The lowest BCUT2D eigenvalue weighted by molar-refractivity contribution is -0.277. The summed E-state index contributed by atoms with van der Waals surface area (Å²) < 4.78 is 17.0. The average Bonchev–Trinajstić information content (AvgIpc) is 3.18. The van der Waals surface area contributed by atoms with E-state index in [1.165, 1.54) is 0 Å². The number of benzene rings is 2. The van der Waals surface area contributed by atoms with Gasteiger partial charge in [-0.05, 0) is 42.7 Å². The smallest absolute Gasteiger partial charge is 0.229 e. The molecule has 0 spiro atoms. The van der Waals surface area contributed by atoms with Crippen molar-refractivity contribution in [2.24, 2.45) is 0 Å².